The van der Waals surface area contributed by atoms with E-state index in [2.05, 4.69) is 39.2 Å². The molecule has 0 unspecified atom stereocenters. The van der Waals surface area contributed by atoms with Crippen LogP contribution in [-0.4, -0.2) is 0 Å². The van der Waals surface area contributed by atoms with E-state index in [9.17, 15) is 0 Å². The predicted octanol–water partition coefficient (Wildman–Crippen LogP) is 3.16. The van der Waals surface area contributed by atoms with Gasteiger partial charge in [0.05, 0.1) is 0 Å². The van der Waals surface area contributed by atoms with E-state index in [1.165, 1.54) is 12.8 Å². The van der Waals surface area contributed by atoms with Gasteiger partial charge in [-0.15, -0.1) is 13.2 Å². The first-order chi connectivity index (χ1) is 4.58. The Hall–Kier alpha value is -0.520. The van der Waals surface area contributed by atoms with E-state index in [0.29, 0.717) is 10.8 Å². The van der Waals surface area contributed by atoms with Crippen molar-refractivity contribution in [2.24, 2.45) is 10.8 Å². The minimum Gasteiger partial charge on any atom is -0.103 e. The first kappa shape index (κ1) is 7.59. The van der Waals surface area contributed by atoms with E-state index in [0.717, 1.165) is 0 Å². The monoisotopic (exact) mass is 136 g/mol. The molecule has 0 N–H and O–H groups in total. The van der Waals surface area contributed by atoms with Crippen LogP contribution in [0.3, 0.4) is 0 Å². The fourth-order valence-corrected chi connectivity index (χ4v) is 1.58. The third-order valence-electron chi connectivity index (χ3n) is 3.37. The van der Waals surface area contributed by atoms with Gasteiger partial charge in [-0.3, -0.25) is 0 Å². The molecule has 1 aliphatic carbocycles. The van der Waals surface area contributed by atoms with E-state index in [-0.39, 0.29) is 0 Å². The molecule has 0 aromatic carbocycles. The Kier molecular flexibility index (Phi) is 1.50. The van der Waals surface area contributed by atoms with Crippen molar-refractivity contribution in [3.8, 4) is 0 Å². The van der Waals surface area contributed by atoms with Crippen molar-refractivity contribution in [2.75, 3.05) is 0 Å². The summed E-state index contributed by atoms with van der Waals surface area (Å²) in [5, 5.41) is 0. The van der Waals surface area contributed by atoms with Gasteiger partial charge >= 0.3 is 0 Å². The third kappa shape index (κ3) is 0.681. The van der Waals surface area contributed by atoms with Crippen LogP contribution in [0.1, 0.15) is 26.7 Å². The Morgan fingerprint density at radius 2 is 1.30 bits per heavy atom. The first-order valence-corrected chi connectivity index (χ1v) is 3.85. The molecule has 0 bridgehead atoms. The second kappa shape index (κ2) is 1.98. The molecule has 1 aliphatic rings. The van der Waals surface area contributed by atoms with Gasteiger partial charge < -0.3 is 0 Å². The molecule has 0 aromatic rings. The zero-order chi connectivity index (χ0) is 7.83. The Balaban J connectivity index is 2.83. The minimum absolute atomic E-state index is 0.314. The lowest BCUT2D eigenvalue weighted by Crippen LogP contribution is -2.44. The summed E-state index contributed by atoms with van der Waals surface area (Å²) in [5.41, 5.74) is 0.628. The van der Waals surface area contributed by atoms with Crippen molar-refractivity contribution in [3.63, 3.8) is 0 Å². The van der Waals surface area contributed by atoms with Gasteiger partial charge in [-0.05, 0) is 23.7 Å². The maximum absolute atomic E-state index is 3.85. The van der Waals surface area contributed by atoms with Gasteiger partial charge in [0.25, 0.3) is 0 Å². The smallest absolute Gasteiger partial charge is 0.00607 e. The summed E-state index contributed by atoms with van der Waals surface area (Å²) >= 11 is 0. The third-order valence-corrected chi connectivity index (χ3v) is 3.37. The highest BCUT2D eigenvalue weighted by Crippen LogP contribution is 2.57. The summed E-state index contributed by atoms with van der Waals surface area (Å²) in [4.78, 5) is 0. The molecule has 0 saturated heterocycles. The molecular weight excluding hydrogens is 120 g/mol. The lowest BCUT2D eigenvalue weighted by molar-refractivity contribution is 0.0433. The van der Waals surface area contributed by atoms with E-state index in [1.807, 2.05) is 0 Å². The van der Waals surface area contributed by atoms with Gasteiger partial charge in [0.2, 0.25) is 0 Å². The van der Waals surface area contributed by atoms with Crippen LogP contribution in [0, 0.1) is 10.8 Å². The standard InChI is InChI=1S/C10H16/c1-5-9(3)7-8-10(9,4)6-2/h5-6H,1-2,7-8H2,3-4H3/t9-,10-/m1/s1. The molecule has 56 valence electrons. The van der Waals surface area contributed by atoms with Crippen molar-refractivity contribution in [2.45, 2.75) is 26.7 Å². The van der Waals surface area contributed by atoms with Crippen molar-refractivity contribution in [1.82, 2.24) is 0 Å². The molecule has 1 rings (SSSR count). The van der Waals surface area contributed by atoms with Crippen molar-refractivity contribution >= 4 is 0 Å². The van der Waals surface area contributed by atoms with Crippen LogP contribution in [0.5, 0.6) is 0 Å². The zero-order valence-corrected chi connectivity index (χ0v) is 6.98. The summed E-state index contributed by atoms with van der Waals surface area (Å²) in [7, 11) is 0. The zero-order valence-electron chi connectivity index (χ0n) is 6.98. The predicted molar refractivity (Wildman–Crippen MR) is 45.8 cm³/mol. The lowest BCUT2D eigenvalue weighted by atomic mass is 9.51. The van der Waals surface area contributed by atoms with Crippen molar-refractivity contribution in [3.05, 3.63) is 25.3 Å². The fraction of sp³-hybridized carbons (Fsp3) is 0.600. The summed E-state index contributed by atoms with van der Waals surface area (Å²) < 4.78 is 0. The van der Waals surface area contributed by atoms with Crippen LogP contribution in [-0.2, 0) is 0 Å². The molecule has 0 nitrogen and oxygen atoms in total. The topological polar surface area (TPSA) is 0 Å². The molecule has 1 saturated carbocycles. The van der Waals surface area contributed by atoms with E-state index in [4.69, 9.17) is 0 Å². The average molecular weight is 136 g/mol. The first-order valence-electron chi connectivity index (χ1n) is 3.85. The number of allylic oxidation sites excluding steroid dienone is 2. The second-order valence-electron chi connectivity index (χ2n) is 3.74. The van der Waals surface area contributed by atoms with Crippen LogP contribution in [0.2, 0.25) is 0 Å². The van der Waals surface area contributed by atoms with Gasteiger partial charge in [-0.1, -0.05) is 26.0 Å². The highest BCUT2D eigenvalue weighted by atomic mass is 14.5. The van der Waals surface area contributed by atoms with Crippen LogP contribution < -0.4 is 0 Å². The SMILES string of the molecule is C=C[C@]1(C)CC[C@@]1(C)C=C. The quantitative estimate of drug-likeness (QED) is 0.511. The molecular formula is C10H16. The highest BCUT2D eigenvalue weighted by molar-refractivity contribution is 5.16. The fourth-order valence-electron chi connectivity index (χ4n) is 1.58. The Labute approximate surface area is 63.6 Å². The average Bonchev–Trinajstić information content (AvgIpc) is 1.99. The van der Waals surface area contributed by atoms with Gasteiger partial charge in [0, 0.05) is 0 Å². The van der Waals surface area contributed by atoms with Crippen molar-refractivity contribution in [1.29, 1.82) is 0 Å². The Morgan fingerprint density at radius 3 is 1.40 bits per heavy atom. The van der Waals surface area contributed by atoms with Gasteiger partial charge in [-0.2, -0.15) is 0 Å². The Bertz CT molecular complexity index is 149. The van der Waals surface area contributed by atoms with Gasteiger partial charge in [0.15, 0.2) is 0 Å². The second-order valence-corrected chi connectivity index (χ2v) is 3.74. The molecule has 0 aliphatic heterocycles. The molecule has 0 heterocycles. The molecule has 2 atom stereocenters. The van der Waals surface area contributed by atoms with Crippen LogP contribution >= 0.6 is 0 Å². The summed E-state index contributed by atoms with van der Waals surface area (Å²) in [6.07, 6.45) is 6.66. The van der Waals surface area contributed by atoms with E-state index < -0.39 is 0 Å². The molecule has 0 amide bonds. The van der Waals surface area contributed by atoms with Crippen molar-refractivity contribution < 1.29 is 0 Å². The number of hydrogen-bond donors (Lipinski definition) is 0. The van der Waals surface area contributed by atoms with Crippen LogP contribution in [0.15, 0.2) is 25.3 Å². The molecule has 10 heavy (non-hydrogen) atoms. The summed E-state index contributed by atoms with van der Waals surface area (Å²) in [6.45, 7) is 12.2. The highest BCUT2D eigenvalue weighted by Gasteiger charge is 2.48. The molecule has 0 radical (unpaired) electrons. The van der Waals surface area contributed by atoms with Gasteiger partial charge in [-0.25, -0.2) is 0 Å². The molecule has 0 heteroatoms. The lowest BCUT2D eigenvalue weighted by Gasteiger charge is -2.53. The number of hydrogen-bond acceptors (Lipinski definition) is 0. The number of rotatable bonds is 2. The maximum atomic E-state index is 3.85. The molecule has 1 fully saturated rings. The van der Waals surface area contributed by atoms with Crippen LogP contribution in [0.4, 0.5) is 0 Å². The van der Waals surface area contributed by atoms with Crippen LogP contribution in [0.25, 0.3) is 0 Å². The Morgan fingerprint density at radius 1 is 1.00 bits per heavy atom. The summed E-state index contributed by atoms with van der Waals surface area (Å²) in [6, 6.07) is 0. The van der Waals surface area contributed by atoms with E-state index >= 15 is 0 Å². The van der Waals surface area contributed by atoms with E-state index in [1.54, 1.807) is 0 Å². The molecule has 0 aromatic heterocycles. The minimum atomic E-state index is 0.314. The van der Waals surface area contributed by atoms with Gasteiger partial charge in [0.1, 0.15) is 0 Å². The summed E-state index contributed by atoms with van der Waals surface area (Å²) in [5.74, 6) is 0. The largest absolute Gasteiger partial charge is 0.103 e. The maximum Gasteiger partial charge on any atom is -0.00607 e. The normalized spacial score (nSPS) is 45.8. The molecule has 0 spiro atoms.